The number of benzene rings is 3. The molecule has 214 valence electrons. The van der Waals surface area contributed by atoms with E-state index in [1.165, 1.54) is 24.1 Å². The van der Waals surface area contributed by atoms with Crippen molar-refractivity contribution in [2.24, 2.45) is 5.92 Å². The third-order valence-corrected chi connectivity index (χ3v) is 8.10. The molecule has 0 aliphatic rings. The molecule has 10 heteroatoms. The van der Waals surface area contributed by atoms with Crippen LogP contribution in [-0.2, 0) is 26.2 Å². The molecule has 0 saturated heterocycles. The molecule has 2 amide bonds. The number of sulfonamides is 1. The lowest BCUT2D eigenvalue weighted by molar-refractivity contribution is -0.139. The number of carbonyl (C=O) groups is 2. The maximum Gasteiger partial charge on any atom is 0.264 e. The summed E-state index contributed by atoms with van der Waals surface area (Å²) in [7, 11) is -1.11. The molecule has 3 aromatic rings. The summed E-state index contributed by atoms with van der Waals surface area (Å²) >= 11 is 0. The minimum Gasteiger partial charge on any atom is -0.497 e. The van der Waals surface area contributed by atoms with Crippen molar-refractivity contribution < 1.29 is 27.5 Å². The molecular formula is C30H37N3O6S. The fourth-order valence-electron chi connectivity index (χ4n) is 4.00. The molecule has 0 saturated carbocycles. The van der Waals surface area contributed by atoms with Gasteiger partial charge in [-0.05, 0) is 66.9 Å². The zero-order valence-corrected chi connectivity index (χ0v) is 24.4. The van der Waals surface area contributed by atoms with Gasteiger partial charge >= 0.3 is 0 Å². The van der Waals surface area contributed by atoms with Crippen LogP contribution in [0.15, 0.2) is 83.8 Å². The number of anilines is 1. The Labute approximate surface area is 236 Å². The lowest BCUT2D eigenvalue weighted by atomic mass is 10.1. The van der Waals surface area contributed by atoms with Crippen molar-refractivity contribution in [2.75, 3.05) is 31.6 Å². The molecule has 3 aromatic carbocycles. The summed E-state index contributed by atoms with van der Waals surface area (Å²) in [6.45, 7) is 5.62. The van der Waals surface area contributed by atoms with Crippen LogP contribution in [0.25, 0.3) is 0 Å². The van der Waals surface area contributed by atoms with Gasteiger partial charge in [0.1, 0.15) is 24.1 Å². The molecule has 0 aromatic heterocycles. The van der Waals surface area contributed by atoms with Gasteiger partial charge in [-0.3, -0.25) is 13.9 Å². The number of rotatable bonds is 13. The Morgan fingerprint density at radius 1 is 0.850 bits per heavy atom. The predicted molar refractivity (Wildman–Crippen MR) is 155 cm³/mol. The maximum absolute atomic E-state index is 13.9. The zero-order valence-electron chi connectivity index (χ0n) is 23.5. The van der Waals surface area contributed by atoms with Crippen molar-refractivity contribution in [3.05, 3.63) is 84.4 Å². The molecule has 40 heavy (non-hydrogen) atoms. The predicted octanol–water partition coefficient (Wildman–Crippen LogP) is 4.09. The fourth-order valence-corrected chi connectivity index (χ4v) is 5.41. The molecule has 0 unspecified atom stereocenters. The Balaban J connectivity index is 1.99. The average molecular weight is 568 g/mol. The van der Waals surface area contributed by atoms with Crippen molar-refractivity contribution in [1.29, 1.82) is 0 Å². The number of carbonyl (C=O) groups excluding carboxylic acids is 2. The Hall–Kier alpha value is -4.05. The summed E-state index contributed by atoms with van der Waals surface area (Å²) < 4.78 is 39.2. The van der Waals surface area contributed by atoms with Crippen LogP contribution in [0.1, 0.15) is 26.3 Å². The smallest absolute Gasteiger partial charge is 0.264 e. The van der Waals surface area contributed by atoms with Gasteiger partial charge in [0.15, 0.2) is 0 Å². The van der Waals surface area contributed by atoms with Crippen molar-refractivity contribution in [3.63, 3.8) is 0 Å². The van der Waals surface area contributed by atoms with Gasteiger partial charge in [-0.25, -0.2) is 8.42 Å². The molecule has 0 bridgehead atoms. The number of nitrogens with zero attached hydrogens (tertiary/aromatic N) is 2. The van der Waals surface area contributed by atoms with Crippen molar-refractivity contribution in [1.82, 2.24) is 10.2 Å². The molecule has 0 fully saturated rings. The van der Waals surface area contributed by atoms with E-state index >= 15 is 0 Å². The van der Waals surface area contributed by atoms with Crippen LogP contribution in [0, 0.1) is 5.92 Å². The standard InChI is InChI=1S/C30H37N3O6S/c1-22(2)19-31-30(35)23(3)32(20-24-10-9-13-27(18-24)39-5)29(34)21-33(25-11-7-6-8-12-25)40(36,37)28-16-14-26(38-4)15-17-28/h6-18,22-23H,19-21H2,1-5H3,(H,31,35)/t23-/m0/s1. The molecule has 3 rings (SSSR count). The highest BCUT2D eigenvalue weighted by Crippen LogP contribution is 2.26. The average Bonchev–Trinajstić information content (AvgIpc) is 2.97. The molecule has 0 heterocycles. The summed E-state index contributed by atoms with van der Waals surface area (Å²) in [5.41, 5.74) is 1.06. The number of hydrogen-bond acceptors (Lipinski definition) is 6. The first-order chi connectivity index (χ1) is 19.1. The van der Waals surface area contributed by atoms with Gasteiger partial charge < -0.3 is 19.7 Å². The molecular weight excluding hydrogens is 530 g/mol. The fraction of sp³-hybridized carbons (Fsp3) is 0.333. The highest BCUT2D eigenvalue weighted by Gasteiger charge is 2.32. The molecule has 0 aliphatic carbocycles. The van der Waals surface area contributed by atoms with E-state index in [-0.39, 0.29) is 23.3 Å². The number of methoxy groups -OCH3 is 2. The van der Waals surface area contributed by atoms with Crippen molar-refractivity contribution in [3.8, 4) is 11.5 Å². The second-order valence-corrected chi connectivity index (χ2v) is 11.6. The highest BCUT2D eigenvalue weighted by molar-refractivity contribution is 7.92. The van der Waals surface area contributed by atoms with E-state index in [0.717, 1.165) is 9.87 Å². The van der Waals surface area contributed by atoms with Gasteiger partial charge in [-0.1, -0.05) is 44.2 Å². The third kappa shape index (κ3) is 7.75. The van der Waals surface area contributed by atoms with E-state index in [4.69, 9.17) is 9.47 Å². The van der Waals surface area contributed by atoms with E-state index < -0.39 is 28.5 Å². The first-order valence-corrected chi connectivity index (χ1v) is 14.4. The quantitative estimate of drug-likeness (QED) is 0.334. The van der Waals surface area contributed by atoms with Crippen LogP contribution in [0.4, 0.5) is 5.69 Å². The minimum atomic E-state index is -4.15. The molecule has 0 spiro atoms. The first kappa shape index (κ1) is 30.5. The number of amides is 2. The summed E-state index contributed by atoms with van der Waals surface area (Å²) in [6, 6.07) is 20.7. The largest absolute Gasteiger partial charge is 0.497 e. The molecule has 0 radical (unpaired) electrons. The molecule has 0 aliphatic heterocycles. The lowest BCUT2D eigenvalue weighted by Gasteiger charge is -2.32. The van der Waals surface area contributed by atoms with E-state index in [1.54, 1.807) is 74.7 Å². The summed E-state index contributed by atoms with van der Waals surface area (Å²) in [5, 5.41) is 2.88. The van der Waals surface area contributed by atoms with Crippen molar-refractivity contribution >= 4 is 27.5 Å². The Morgan fingerprint density at radius 3 is 2.10 bits per heavy atom. The van der Waals surface area contributed by atoms with Crippen LogP contribution in [0.5, 0.6) is 11.5 Å². The highest BCUT2D eigenvalue weighted by atomic mass is 32.2. The van der Waals surface area contributed by atoms with E-state index in [0.29, 0.717) is 23.7 Å². The summed E-state index contributed by atoms with van der Waals surface area (Å²) in [4.78, 5) is 28.4. The van der Waals surface area contributed by atoms with Gasteiger partial charge in [-0.15, -0.1) is 0 Å². The normalized spacial score (nSPS) is 11.9. The Morgan fingerprint density at radius 2 is 1.50 bits per heavy atom. The summed E-state index contributed by atoms with van der Waals surface area (Å²) in [5.74, 6) is 0.480. The van der Waals surface area contributed by atoms with Crippen LogP contribution in [0.2, 0.25) is 0 Å². The minimum absolute atomic E-state index is 0.00650. The molecule has 9 nitrogen and oxygen atoms in total. The Kier molecular flexibility index (Phi) is 10.6. The van der Waals surface area contributed by atoms with Crippen LogP contribution in [0.3, 0.4) is 0 Å². The first-order valence-electron chi connectivity index (χ1n) is 13.0. The zero-order chi connectivity index (χ0) is 29.3. The summed E-state index contributed by atoms with van der Waals surface area (Å²) in [6.07, 6.45) is 0. The van der Waals surface area contributed by atoms with Gasteiger partial charge in [-0.2, -0.15) is 0 Å². The topological polar surface area (TPSA) is 105 Å². The number of para-hydroxylation sites is 1. The SMILES string of the molecule is COc1ccc(S(=O)(=O)N(CC(=O)N(Cc2cccc(OC)c2)[C@@H](C)C(=O)NCC(C)C)c2ccccc2)cc1. The lowest BCUT2D eigenvalue weighted by Crippen LogP contribution is -2.51. The van der Waals surface area contributed by atoms with E-state index in [1.807, 2.05) is 19.9 Å². The second-order valence-electron chi connectivity index (χ2n) is 9.71. The van der Waals surface area contributed by atoms with Gasteiger partial charge in [0, 0.05) is 13.1 Å². The van der Waals surface area contributed by atoms with Crippen LogP contribution in [-0.4, -0.2) is 58.5 Å². The van der Waals surface area contributed by atoms with Crippen LogP contribution >= 0.6 is 0 Å². The van der Waals surface area contributed by atoms with E-state index in [2.05, 4.69) is 5.32 Å². The Bertz CT molecular complexity index is 1380. The van der Waals surface area contributed by atoms with Crippen LogP contribution < -0.4 is 19.1 Å². The maximum atomic E-state index is 13.9. The van der Waals surface area contributed by atoms with Gasteiger partial charge in [0.25, 0.3) is 10.0 Å². The van der Waals surface area contributed by atoms with Gasteiger partial charge in [0.2, 0.25) is 11.8 Å². The van der Waals surface area contributed by atoms with Crippen molar-refractivity contribution in [2.45, 2.75) is 38.3 Å². The number of nitrogens with one attached hydrogen (secondary N) is 1. The second kappa shape index (κ2) is 13.8. The van der Waals surface area contributed by atoms with Gasteiger partial charge in [0.05, 0.1) is 24.8 Å². The van der Waals surface area contributed by atoms with E-state index in [9.17, 15) is 18.0 Å². The number of ether oxygens (including phenoxy) is 2. The third-order valence-electron chi connectivity index (χ3n) is 6.31. The monoisotopic (exact) mass is 567 g/mol. The molecule has 1 atom stereocenters. The number of hydrogen-bond donors (Lipinski definition) is 1. The molecule has 1 N–H and O–H groups in total.